The lowest BCUT2D eigenvalue weighted by Crippen LogP contribution is -2.12. The number of halogens is 1. The first kappa shape index (κ1) is 16.8. The van der Waals surface area contributed by atoms with E-state index in [0.717, 1.165) is 32.6 Å². The summed E-state index contributed by atoms with van der Waals surface area (Å²) in [6, 6.07) is 9.83. The highest BCUT2D eigenvalue weighted by Crippen LogP contribution is 2.23. The molecule has 3 aromatic rings. The molecule has 0 saturated carbocycles. The number of hydrogen-bond acceptors (Lipinski definition) is 4. The zero-order valence-corrected chi connectivity index (χ0v) is 15.3. The molecule has 0 aliphatic heterocycles. The van der Waals surface area contributed by atoms with E-state index in [1.165, 1.54) is 0 Å². The molecule has 0 bridgehead atoms. The molecule has 0 aliphatic carbocycles. The van der Waals surface area contributed by atoms with Gasteiger partial charge in [0.05, 0.1) is 25.3 Å². The maximum atomic E-state index is 11.8. The monoisotopic (exact) mass is 390 g/mol. The van der Waals surface area contributed by atoms with Crippen molar-refractivity contribution in [2.75, 3.05) is 6.61 Å². The quantitative estimate of drug-likeness (QED) is 0.592. The number of carbonyl (C=O) groups excluding carboxylic acids is 1. The average molecular weight is 391 g/mol. The van der Waals surface area contributed by atoms with Crippen LogP contribution in [0, 0.1) is 13.8 Å². The number of nitrogens with zero attached hydrogens (tertiary/aromatic N) is 2. The molecular formula is C18H19BrN2O3. The van der Waals surface area contributed by atoms with Gasteiger partial charge in [0, 0.05) is 22.0 Å². The highest BCUT2D eigenvalue weighted by atomic mass is 79.9. The Hall–Kier alpha value is -2.08. The summed E-state index contributed by atoms with van der Waals surface area (Å²) in [5.41, 5.74) is 2.84. The van der Waals surface area contributed by atoms with Crippen LogP contribution in [0.2, 0.25) is 0 Å². The molecule has 2 heterocycles. The topological polar surface area (TPSA) is 57.3 Å². The Morgan fingerprint density at radius 2 is 2.12 bits per heavy atom. The van der Waals surface area contributed by atoms with Crippen LogP contribution in [-0.2, 0) is 22.5 Å². The summed E-state index contributed by atoms with van der Waals surface area (Å²) in [4.78, 5) is 11.8. The fourth-order valence-corrected chi connectivity index (χ4v) is 3.01. The lowest BCUT2D eigenvalue weighted by Gasteiger charge is -2.05. The van der Waals surface area contributed by atoms with Crippen LogP contribution < -0.4 is 0 Å². The molecule has 0 radical (unpaired) electrons. The molecule has 5 nitrogen and oxygen atoms in total. The second-order valence-electron chi connectivity index (χ2n) is 5.77. The number of benzene rings is 1. The maximum Gasteiger partial charge on any atom is 0.307 e. The molecule has 1 aromatic carbocycles. The molecule has 126 valence electrons. The number of fused-ring (bicyclic) bond motifs is 1. The third-order valence-electron chi connectivity index (χ3n) is 3.77. The van der Waals surface area contributed by atoms with E-state index in [4.69, 9.17) is 9.15 Å². The van der Waals surface area contributed by atoms with Crippen LogP contribution in [0.3, 0.4) is 0 Å². The second-order valence-corrected chi connectivity index (χ2v) is 6.68. The fourth-order valence-electron chi connectivity index (χ4n) is 2.63. The molecule has 0 atom stereocenters. The van der Waals surface area contributed by atoms with Crippen LogP contribution in [0.1, 0.15) is 23.6 Å². The van der Waals surface area contributed by atoms with E-state index in [1.54, 1.807) is 0 Å². The lowest BCUT2D eigenvalue weighted by atomic mass is 10.2. The van der Waals surface area contributed by atoms with Crippen molar-refractivity contribution >= 4 is 32.9 Å². The summed E-state index contributed by atoms with van der Waals surface area (Å²) in [5.74, 6) is 0.593. The van der Waals surface area contributed by atoms with E-state index in [9.17, 15) is 4.79 Å². The molecule has 0 saturated heterocycles. The van der Waals surface area contributed by atoms with Crippen molar-refractivity contribution in [3.05, 3.63) is 52.0 Å². The van der Waals surface area contributed by atoms with Gasteiger partial charge in [-0.15, -0.1) is 0 Å². The number of rotatable bonds is 6. The van der Waals surface area contributed by atoms with Gasteiger partial charge in [0.1, 0.15) is 11.3 Å². The van der Waals surface area contributed by atoms with Crippen molar-refractivity contribution < 1.29 is 13.9 Å². The van der Waals surface area contributed by atoms with Crippen LogP contribution in [0.4, 0.5) is 0 Å². The highest BCUT2D eigenvalue weighted by Gasteiger charge is 2.08. The van der Waals surface area contributed by atoms with Gasteiger partial charge in [-0.2, -0.15) is 5.10 Å². The first-order valence-electron chi connectivity index (χ1n) is 7.86. The molecule has 24 heavy (non-hydrogen) atoms. The summed E-state index contributed by atoms with van der Waals surface area (Å²) in [5, 5.41) is 5.37. The number of esters is 1. The van der Waals surface area contributed by atoms with Gasteiger partial charge in [-0.25, -0.2) is 0 Å². The Morgan fingerprint density at radius 1 is 1.29 bits per heavy atom. The summed E-state index contributed by atoms with van der Waals surface area (Å²) < 4.78 is 13.9. The zero-order valence-electron chi connectivity index (χ0n) is 13.7. The third kappa shape index (κ3) is 4.06. The minimum Gasteiger partial charge on any atom is -0.465 e. The van der Waals surface area contributed by atoms with Crippen molar-refractivity contribution in [1.29, 1.82) is 0 Å². The molecule has 0 N–H and O–H groups in total. The predicted octanol–water partition coefficient (Wildman–Crippen LogP) is 4.18. The van der Waals surface area contributed by atoms with Gasteiger partial charge < -0.3 is 9.15 Å². The summed E-state index contributed by atoms with van der Waals surface area (Å²) >= 11 is 3.44. The molecule has 0 aliphatic rings. The van der Waals surface area contributed by atoms with Gasteiger partial charge in [0.25, 0.3) is 0 Å². The highest BCUT2D eigenvalue weighted by molar-refractivity contribution is 9.10. The molecule has 6 heteroatoms. The Balaban J connectivity index is 1.46. The van der Waals surface area contributed by atoms with Crippen LogP contribution in [0.5, 0.6) is 0 Å². The zero-order chi connectivity index (χ0) is 17.1. The van der Waals surface area contributed by atoms with Gasteiger partial charge in [-0.05, 0) is 44.2 Å². The van der Waals surface area contributed by atoms with Gasteiger partial charge in [0.15, 0.2) is 0 Å². The molecule has 3 rings (SSSR count). The van der Waals surface area contributed by atoms with E-state index >= 15 is 0 Å². The number of hydrogen-bond donors (Lipinski definition) is 0. The van der Waals surface area contributed by atoms with Crippen molar-refractivity contribution in [1.82, 2.24) is 9.78 Å². The van der Waals surface area contributed by atoms with Crippen LogP contribution in [0.15, 0.2) is 39.2 Å². The van der Waals surface area contributed by atoms with E-state index in [1.807, 2.05) is 48.9 Å². The normalized spacial score (nSPS) is 11.1. The fraction of sp³-hybridized carbons (Fsp3) is 0.333. The Bertz CT molecular complexity index is 866. The minimum atomic E-state index is -0.221. The van der Waals surface area contributed by atoms with Crippen LogP contribution in [-0.4, -0.2) is 22.4 Å². The Labute approximate surface area is 148 Å². The van der Waals surface area contributed by atoms with Gasteiger partial charge >= 0.3 is 5.97 Å². The summed E-state index contributed by atoms with van der Waals surface area (Å²) in [6.07, 6.45) is 0.882. The second kappa shape index (κ2) is 7.21. The maximum absolute atomic E-state index is 11.8. The largest absolute Gasteiger partial charge is 0.465 e. The van der Waals surface area contributed by atoms with E-state index < -0.39 is 0 Å². The number of furan rings is 1. The Morgan fingerprint density at radius 3 is 2.88 bits per heavy atom. The minimum absolute atomic E-state index is 0.221. The predicted molar refractivity (Wildman–Crippen MR) is 94.9 cm³/mol. The molecule has 0 fully saturated rings. The van der Waals surface area contributed by atoms with Crippen LogP contribution in [0.25, 0.3) is 11.0 Å². The standard InChI is InChI=1S/C18H19BrN2O3/c1-12-9-13(2)21(20-12)7-5-18(22)23-8-6-16-11-14-10-15(19)3-4-17(14)24-16/h3-4,9-11H,5-8H2,1-2H3. The van der Waals surface area contributed by atoms with Gasteiger partial charge in [-0.1, -0.05) is 15.9 Å². The van der Waals surface area contributed by atoms with Crippen molar-refractivity contribution in [2.24, 2.45) is 0 Å². The summed E-state index contributed by atoms with van der Waals surface area (Å²) in [7, 11) is 0. The first-order chi connectivity index (χ1) is 11.5. The van der Waals surface area contributed by atoms with E-state index in [-0.39, 0.29) is 5.97 Å². The van der Waals surface area contributed by atoms with Crippen molar-refractivity contribution in [3.8, 4) is 0 Å². The molecule has 0 unspecified atom stereocenters. The van der Waals surface area contributed by atoms with Crippen molar-refractivity contribution in [3.63, 3.8) is 0 Å². The number of carbonyl (C=O) groups is 1. The molecule has 0 amide bonds. The average Bonchev–Trinajstić information content (AvgIpc) is 3.07. The van der Waals surface area contributed by atoms with E-state index in [0.29, 0.717) is 26.0 Å². The number of ether oxygens (including phenoxy) is 1. The molecule has 2 aromatic heterocycles. The lowest BCUT2D eigenvalue weighted by molar-refractivity contribution is -0.143. The third-order valence-corrected chi connectivity index (χ3v) is 4.27. The molecule has 0 spiro atoms. The Kier molecular flexibility index (Phi) is 5.04. The van der Waals surface area contributed by atoms with E-state index in [2.05, 4.69) is 21.0 Å². The summed E-state index contributed by atoms with van der Waals surface area (Å²) in [6.45, 7) is 4.77. The van der Waals surface area contributed by atoms with Gasteiger partial charge in [0.2, 0.25) is 0 Å². The smallest absolute Gasteiger partial charge is 0.307 e. The first-order valence-corrected chi connectivity index (χ1v) is 8.65. The van der Waals surface area contributed by atoms with Gasteiger partial charge in [-0.3, -0.25) is 9.48 Å². The number of aromatic nitrogens is 2. The van der Waals surface area contributed by atoms with Crippen molar-refractivity contribution in [2.45, 2.75) is 33.2 Å². The van der Waals surface area contributed by atoms with Crippen LogP contribution >= 0.6 is 15.9 Å². The SMILES string of the molecule is Cc1cc(C)n(CCC(=O)OCCc2cc3cc(Br)ccc3o2)n1. The molecular weight excluding hydrogens is 372 g/mol. The number of aryl methyl sites for hydroxylation is 3.